The van der Waals surface area contributed by atoms with Crippen LogP contribution >= 0.6 is 0 Å². The number of carbonyl (C=O) groups excluding carboxylic acids is 2. The lowest BCUT2D eigenvalue weighted by molar-refractivity contribution is -0.144. The van der Waals surface area contributed by atoms with Crippen molar-refractivity contribution in [3.8, 4) is 0 Å². The van der Waals surface area contributed by atoms with Crippen LogP contribution in [0.5, 0.6) is 0 Å². The number of aromatic nitrogens is 1. The number of hydrogen-bond donors (Lipinski definition) is 5. The molecular formula is C48H64N2O7. The molecule has 2 aliphatic heterocycles. The lowest BCUT2D eigenvalue weighted by atomic mass is 9.40. The number of ketones is 1. The Morgan fingerprint density at radius 3 is 2.39 bits per heavy atom. The van der Waals surface area contributed by atoms with Crippen LogP contribution in [-0.2, 0) is 21.4 Å². The van der Waals surface area contributed by atoms with Gasteiger partial charge in [-0.3, -0.25) is 9.59 Å². The molecule has 9 atom stereocenters. The topological polar surface area (TPSA) is 141 Å². The van der Waals surface area contributed by atoms with Gasteiger partial charge in [0.1, 0.15) is 6.04 Å². The van der Waals surface area contributed by atoms with Crippen LogP contribution in [0, 0.1) is 28.6 Å². The molecule has 9 nitrogen and oxygen atoms in total. The fourth-order valence-electron chi connectivity index (χ4n) is 13.4. The fraction of sp³-hybridized carbons (Fsp3) is 0.625. The summed E-state index contributed by atoms with van der Waals surface area (Å²) < 4.78 is 8.88. The van der Waals surface area contributed by atoms with Crippen LogP contribution in [0.1, 0.15) is 146 Å². The van der Waals surface area contributed by atoms with Gasteiger partial charge in [0, 0.05) is 39.0 Å². The van der Waals surface area contributed by atoms with E-state index in [2.05, 4.69) is 69.3 Å². The van der Waals surface area contributed by atoms with Crippen LogP contribution in [0.3, 0.4) is 0 Å². The number of Topliss-reactive ketones (excluding diaryl/α,β-unsaturated/α-hetero) is 1. The monoisotopic (exact) mass is 780 g/mol. The first kappa shape index (κ1) is 40.4. The highest BCUT2D eigenvalue weighted by Crippen LogP contribution is 2.71. The minimum Gasteiger partial charge on any atom is -0.394 e. The molecule has 5 N–H and O–H groups in total. The number of ether oxygens (including phenoxy) is 1. The SMILES string of the molecule is C=C(C)C1C(=O)c2c3c(cc4c5c(n1c24)C1(C)C(CCC2C(C)(/C=C/C=C(\C)C(=O)NC(CC)(CO)CO)C(O)CCC21C)C5)C1=CC(C)(C)OC(C)(C)C1C3O. The minimum atomic E-state index is -1.09. The first-order valence-corrected chi connectivity index (χ1v) is 21.2. The Morgan fingerprint density at radius 2 is 1.75 bits per heavy atom. The second kappa shape index (κ2) is 12.8. The maximum Gasteiger partial charge on any atom is 0.247 e. The van der Waals surface area contributed by atoms with Crippen LogP contribution in [0.25, 0.3) is 16.5 Å². The Hall–Kier alpha value is -3.34. The number of aliphatic hydroxyl groups is 4. The quantitative estimate of drug-likeness (QED) is 0.107. The van der Waals surface area contributed by atoms with Gasteiger partial charge in [-0.05, 0) is 126 Å². The average molecular weight is 781 g/mol. The van der Waals surface area contributed by atoms with Gasteiger partial charge >= 0.3 is 0 Å². The number of allylic oxidation sites excluding steroid dienone is 3. The van der Waals surface area contributed by atoms with Gasteiger partial charge in [0.2, 0.25) is 5.91 Å². The fourth-order valence-corrected chi connectivity index (χ4v) is 13.4. The number of aliphatic hydroxyl groups excluding tert-OH is 4. The van der Waals surface area contributed by atoms with Gasteiger partial charge in [-0.1, -0.05) is 58.1 Å². The highest BCUT2D eigenvalue weighted by molar-refractivity contribution is 6.18. The lowest BCUT2D eigenvalue weighted by Gasteiger charge is -2.64. The minimum absolute atomic E-state index is 0.00943. The van der Waals surface area contributed by atoms with E-state index in [1.54, 1.807) is 13.0 Å². The molecule has 9 unspecified atom stereocenters. The van der Waals surface area contributed by atoms with Crippen molar-refractivity contribution in [2.75, 3.05) is 13.2 Å². The molecule has 8 rings (SSSR count). The van der Waals surface area contributed by atoms with Crippen molar-refractivity contribution in [2.45, 2.75) is 148 Å². The number of fused-ring (bicyclic) bond motifs is 11. The third kappa shape index (κ3) is 5.24. The maximum absolute atomic E-state index is 15.0. The molecule has 1 aromatic heterocycles. The molecule has 0 bridgehead atoms. The molecule has 0 saturated heterocycles. The molecule has 3 heterocycles. The summed E-state index contributed by atoms with van der Waals surface area (Å²) in [6.45, 7) is 24.4. The number of hydrogen-bond acceptors (Lipinski definition) is 7. The van der Waals surface area contributed by atoms with E-state index in [1.165, 1.54) is 11.3 Å². The van der Waals surface area contributed by atoms with E-state index >= 15 is 0 Å². The molecule has 6 aliphatic rings. The van der Waals surface area contributed by atoms with Gasteiger partial charge in [-0.25, -0.2) is 0 Å². The maximum atomic E-state index is 15.0. The van der Waals surface area contributed by atoms with Crippen LogP contribution in [0.15, 0.2) is 48.1 Å². The van der Waals surface area contributed by atoms with Gasteiger partial charge in [-0.15, -0.1) is 0 Å². The summed E-state index contributed by atoms with van der Waals surface area (Å²) in [6.07, 6.45) is 11.1. The summed E-state index contributed by atoms with van der Waals surface area (Å²) in [7, 11) is 0. The predicted molar refractivity (Wildman–Crippen MR) is 223 cm³/mol. The van der Waals surface area contributed by atoms with Crippen LogP contribution in [0.2, 0.25) is 0 Å². The van der Waals surface area contributed by atoms with Crippen molar-refractivity contribution in [2.24, 2.45) is 28.6 Å². The van der Waals surface area contributed by atoms with Crippen LogP contribution < -0.4 is 5.32 Å². The first-order chi connectivity index (χ1) is 26.6. The molecule has 0 radical (unpaired) electrons. The van der Waals surface area contributed by atoms with E-state index in [4.69, 9.17) is 4.74 Å². The Morgan fingerprint density at radius 1 is 1.07 bits per heavy atom. The van der Waals surface area contributed by atoms with E-state index < -0.39 is 40.4 Å². The number of nitrogens with one attached hydrogen (secondary N) is 1. The van der Waals surface area contributed by atoms with E-state index in [0.29, 0.717) is 29.9 Å². The van der Waals surface area contributed by atoms with Crippen molar-refractivity contribution in [3.63, 3.8) is 0 Å². The second-order valence-corrected chi connectivity index (χ2v) is 20.4. The first-order valence-electron chi connectivity index (χ1n) is 21.2. The zero-order valence-electron chi connectivity index (χ0n) is 35.7. The highest BCUT2D eigenvalue weighted by atomic mass is 16.5. The molecule has 2 fully saturated rings. The zero-order chi connectivity index (χ0) is 41.6. The molecule has 2 aromatic rings. The second-order valence-electron chi connectivity index (χ2n) is 20.4. The van der Waals surface area contributed by atoms with E-state index in [9.17, 15) is 30.0 Å². The third-order valence-corrected chi connectivity index (χ3v) is 16.4. The third-order valence-electron chi connectivity index (χ3n) is 16.4. The van der Waals surface area contributed by atoms with Gasteiger partial charge in [0.05, 0.1) is 53.2 Å². The molecule has 0 spiro atoms. The zero-order valence-corrected chi connectivity index (χ0v) is 35.7. The lowest BCUT2D eigenvalue weighted by Crippen LogP contribution is -2.62. The summed E-state index contributed by atoms with van der Waals surface area (Å²) in [5.74, 6) is -0.190. The Labute approximate surface area is 337 Å². The van der Waals surface area contributed by atoms with Gasteiger partial charge in [0.15, 0.2) is 5.78 Å². The van der Waals surface area contributed by atoms with E-state index in [0.717, 1.165) is 58.9 Å². The number of amides is 1. The van der Waals surface area contributed by atoms with E-state index in [-0.39, 0.29) is 47.6 Å². The predicted octanol–water partition coefficient (Wildman–Crippen LogP) is 7.35. The van der Waals surface area contributed by atoms with Crippen molar-refractivity contribution in [3.05, 3.63) is 76.0 Å². The number of rotatable bonds is 8. The summed E-state index contributed by atoms with van der Waals surface area (Å²) in [5, 5.41) is 47.8. The molecule has 1 aromatic carbocycles. The molecule has 57 heavy (non-hydrogen) atoms. The van der Waals surface area contributed by atoms with Crippen molar-refractivity contribution in [1.29, 1.82) is 0 Å². The summed E-state index contributed by atoms with van der Waals surface area (Å²) in [4.78, 5) is 28.1. The molecule has 308 valence electrons. The Bertz CT molecular complexity index is 2190. The van der Waals surface area contributed by atoms with E-state index in [1.807, 2.05) is 33.8 Å². The molecule has 1 amide bonds. The summed E-state index contributed by atoms with van der Waals surface area (Å²) >= 11 is 0. The largest absolute Gasteiger partial charge is 0.394 e. The van der Waals surface area contributed by atoms with Crippen molar-refractivity contribution < 1.29 is 34.8 Å². The van der Waals surface area contributed by atoms with Gasteiger partial charge in [0.25, 0.3) is 0 Å². The van der Waals surface area contributed by atoms with Crippen molar-refractivity contribution >= 4 is 28.2 Å². The van der Waals surface area contributed by atoms with Crippen molar-refractivity contribution in [1.82, 2.24) is 9.88 Å². The summed E-state index contributed by atoms with van der Waals surface area (Å²) in [6, 6.07) is 1.73. The molecule has 4 aliphatic carbocycles. The molecule has 2 saturated carbocycles. The Balaban J connectivity index is 1.25. The van der Waals surface area contributed by atoms with Crippen LogP contribution in [-0.4, -0.2) is 72.7 Å². The summed E-state index contributed by atoms with van der Waals surface area (Å²) in [5.41, 5.74) is 4.69. The number of nitrogens with zero attached hydrogens (tertiary/aromatic N) is 1. The smallest absolute Gasteiger partial charge is 0.247 e. The van der Waals surface area contributed by atoms with Gasteiger partial charge in [-0.2, -0.15) is 0 Å². The van der Waals surface area contributed by atoms with Crippen LogP contribution in [0.4, 0.5) is 0 Å². The number of benzene rings is 1. The normalized spacial score (nSPS) is 36.1. The number of carbonyl (C=O) groups is 2. The molecule has 9 heteroatoms. The van der Waals surface area contributed by atoms with Gasteiger partial charge < -0.3 is 35.0 Å². The highest BCUT2D eigenvalue weighted by Gasteiger charge is 2.68. The average Bonchev–Trinajstić information content (AvgIpc) is 3.81. The standard InChI is InChI=1S/C48H64N2O7/c1-12-48(23-51,24-52)49-42(56)26(4)14-13-18-45(9)32-16-15-27-20-30-29-21-28-31-22-43(5,6)57-44(7,8)36(31)39(54)34(28)35-38(29)50(37(25(2)3)40(35)55)41(30)47(27,11)46(32,10)19-17-33(45)53/h13-14,18,21-22,27,32-33,36-37,39,51-54H,2,12,15-17,19-20,23-24H2,1,3-11H3,(H,49,56)/b18-13+,26-14+. The molecular weight excluding hydrogens is 717 g/mol. The Kier molecular flexibility index (Phi) is 9.10.